The van der Waals surface area contributed by atoms with Crippen molar-refractivity contribution in [3.05, 3.63) is 0 Å². The van der Waals surface area contributed by atoms with Crippen molar-refractivity contribution in [1.82, 2.24) is 0 Å². The molecule has 0 saturated carbocycles. The highest BCUT2D eigenvalue weighted by Gasteiger charge is 2.24. The second-order valence-corrected chi connectivity index (χ2v) is 4.71. The minimum absolute atomic E-state index is 0.213. The third-order valence-corrected chi connectivity index (χ3v) is 2.48. The van der Waals surface area contributed by atoms with Crippen LogP contribution in [0.4, 0.5) is 0 Å². The summed E-state index contributed by atoms with van der Waals surface area (Å²) in [5.41, 5.74) is 0. The van der Waals surface area contributed by atoms with Gasteiger partial charge < -0.3 is 24.5 Å². The van der Waals surface area contributed by atoms with Gasteiger partial charge in [0, 0.05) is 20.0 Å². The summed E-state index contributed by atoms with van der Waals surface area (Å²) in [6, 6.07) is 0. The van der Waals surface area contributed by atoms with Gasteiger partial charge in [0.05, 0.1) is 12.8 Å². The molecule has 0 aromatic rings. The monoisotopic (exact) mass is 290 g/mol. The highest BCUT2D eigenvalue weighted by atomic mass is 16.7. The predicted octanol–water partition coefficient (Wildman–Crippen LogP) is 0.877. The zero-order chi connectivity index (χ0) is 15.6. The topological polar surface area (TPSA) is 110 Å². The van der Waals surface area contributed by atoms with Crippen molar-refractivity contribution in [3.63, 3.8) is 0 Å². The van der Waals surface area contributed by atoms with E-state index in [4.69, 9.17) is 14.6 Å². The lowest BCUT2D eigenvalue weighted by Crippen LogP contribution is -2.31. The fourth-order valence-electron chi connectivity index (χ4n) is 1.42. The summed E-state index contributed by atoms with van der Waals surface area (Å²) in [6.45, 7) is 3.36. The molecule has 0 aliphatic heterocycles. The first-order valence-corrected chi connectivity index (χ1v) is 6.50. The van der Waals surface area contributed by atoms with Crippen molar-refractivity contribution in [2.24, 2.45) is 0 Å². The van der Waals surface area contributed by atoms with Gasteiger partial charge in [-0.15, -0.1) is 0 Å². The maximum Gasteiger partial charge on any atom is 0.308 e. The van der Waals surface area contributed by atoms with Gasteiger partial charge >= 0.3 is 11.9 Å². The molecule has 0 bridgehead atoms. The lowest BCUT2D eigenvalue weighted by atomic mass is 10.1. The van der Waals surface area contributed by atoms with Crippen LogP contribution in [0.25, 0.3) is 0 Å². The number of aldehydes is 1. The quantitative estimate of drug-likeness (QED) is 0.251. The van der Waals surface area contributed by atoms with Crippen LogP contribution in [0.1, 0.15) is 46.0 Å². The molecular formula is C13H22O7. The molecule has 0 aliphatic rings. The molecule has 2 unspecified atom stereocenters. The molecule has 0 heterocycles. The van der Waals surface area contributed by atoms with E-state index in [1.807, 2.05) is 0 Å². The van der Waals surface area contributed by atoms with Crippen LogP contribution in [0.15, 0.2) is 0 Å². The maximum atomic E-state index is 11.3. The first-order valence-electron chi connectivity index (χ1n) is 6.50. The molecule has 7 heteroatoms. The first-order chi connectivity index (χ1) is 9.26. The van der Waals surface area contributed by atoms with Gasteiger partial charge in [0.1, 0.15) is 12.4 Å². The summed E-state index contributed by atoms with van der Waals surface area (Å²) in [7, 11) is 0. The van der Waals surface area contributed by atoms with Gasteiger partial charge in [-0.05, 0) is 19.8 Å². The number of rotatable bonds is 11. The Morgan fingerprint density at radius 1 is 1.30 bits per heavy atom. The normalized spacial score (nSPS) is 15.2. The van der Waals surface area contributed by atoms with E-state index < -0.39 is 23.8 Å². The molecule has 0 aromatic carbocycles. The van der Waals surface area contributed by atoms with Crippen LogP contribution in [0, 0.1) is 0 Å². The van der Waals surface area contributed by atoms with E-state index in [-0.39, 0.29) is 19.3 Å². The third-order valence-electron chi connectivity index (χ3n) is 2.48. The van der Waals surface area contributed by atoms with Gasteiger partial charge in [-0.2, -0.15) is 0 Å². The van der Waals surface area contributed by atoms with Gasteiger partial charge in [0.25, 0.3) is 0 Å². The lowest BCUT2D eigenvalue weighted by molar-refractivity contribution is -0.205. The summed E-state index contributed by atoms with van der Waals surface area (Å²) >= 11 is 0. The number of aliphatic carboxylic acids is 1. The Balaban J connectivity index is 3.80. The summed E-state index contributed by atoms with van der Waals surface area (Å²) in [5.74, 6) is -3.46. The van der Waals surface area contributed by atoms with Crippen LogP contribution >= 0.6 is 0 Å². The zero-order valence-corrected chi connectivity index (χ0v) is 11.8. The van der Waals surface area contributed by atoms with Gasteiger partial charge in [-0.25, -0.2) is 0 Å². The number of carboxylic acid groups (broad SMARTS) is 1. The molecule has 0 radical (unpaired) electrons. The smallest absolute Gasteiger partial charge is 0.308 e. The SMILES string of the molecule is CC(C=O)OCCCCC(C)(O)OC(=O)CCC(=O)O. The van der Waals surface area contributed by atoms with E-state index in [0.29, 0.717) is 25.7 Å². The van der Waals surface area contributed by atoms with Gasteiger partial charge in [0.15, 0.2) is 0 Å². The molecule has 7 nitrogen and oxygen atoms in total. The zero-order valence-electron chi connectivity index (χ0n) is 11.8. The fourth-order valence-corrected chi connectivity index (χ4v) is 1.42. The summed E-state index contributed by atoms with van der Waals surface area (Å²) in [5, 5.41) is 18.2. The van der Waals surface area contributed by atoms with E-state index in [1.54, 1.807) is 6.92 Å². The van der Waals surface area contributed by atoms with E-state index in [9.17, 15) is 19.5 Å². The third kappa shape index (κ3) is 10.5. The van der Waals surface area contributed by atoms with Crippen LogP contribution in [0.5, 0.6) is 0 Å². The highest BCUT2D eigenvalue weighted by molar-refractivity contribution is 5.76. The molecule has 0 aliphatic carbocycles. The molecular weight excluding hydrogens is 268 g/mol. The number of unbranched alkanes of at least 4 members (excludes halogenated alkanes) is 1. The number of hydrogen-bond acceptors (Lipinski definition) is 6. The lowest BCUT2D eigenvalue weighted by Gasteiger charge is -2.23. The Kier molecular flexibility index (Phi) is 8.74. The number of carbonyl (C=O) groups is 3. The Morgan fingerprint density at radius 3 is 2.50 bits per heavy atom. The summed E-state index contributed by atoms with van der Waals surface area (Å²) in [6.07, 6.45) is 1.01. The number of aliphatic hydroxyl groups is 1. The van der Waals surface area contributed by atoms with Crippen molar-refractivity contribution >= 4 is 18.2 Å². The predicted molar refractivity (Wildman–Crippen MR) is 68.9 cm³/mol. The Labute approximate surface area is 117 Å². The van der Waals surface area contributed by atoms with Crippen molar-refractivity contribution in [2.75, 3.05) is 6.61 Å². The Hall–Kier alpha value is -1.47. The number of ether oxygens (including phenoxy) is 2. The average molecular weight is 290 g/mol. The molecule has 20 heavy (non-hydrogen) atoms. The number of esters is 1. The van der Waals surface area contributed by atoms with Crippen molar-refractivity contribution in [1.29, 1.82) is 0 Å². The van der Waals surface area contributed by atoms with Gasteiger partial charge in [-0.1, -0.05) is 0 Å². The highest BCUT2D eigenvalue weighted by Crippen LogP contribution is 2.16. The van der Waals surface area contributed by atoms with Gasteiger partial charge in [0.2, 0.25) is 5.79 Å². The van der Waals surface area contributed by atoms with E-state index in [0.717, 1.165) is 0 Å². The largest absolute Gasteiger partial charge is 0.481 e. The molecule has 2 N–H and O–H groups in total. The number of hydrogen-bond donors (Lipinski definition) is 2. The molecule has 0 saturated heterocycles. The standard InChI is InChI=1S/C13H22O7/c1-10(9-14)19-8-4-3-7-13(2,18)20-12(17)6-5-11(15)16/h9-10,18H,3-8H2,1-2H3,(H,15,16). The molecule has 0 fully saturated rings. The van der Waals surface area contributed by atoms with Crippen LogP contribution in [-0.4, -0.2) is 46.9 Å². The van der Waals surface area contributed by atoms with Crippen molar-refractivity contribution in [2.45, 2.75) is 57.8 Å². The second kappa shape index (κ2) is 9.44. The average Bonchev–Trinajstić information content (AvgIpc) is 2.34. The molecule has 0 spiro atoms. The van der Waals surface area contributed by atoms with E-state index >= 15 is 0 Å². The Bertz CT molecular complexity index is 325. The van der Waals surface area contributed by atoms with Crippen LogP contribution in [0.3, 0.4) is 0 Å². The second-order valence-electron chi connectivity index (χ2n) is 4.71. The maximum absolute atomic E-state index is 11.3. The fraction of sp³-hybridized carbons (Fsp3) is 0.769. The molecule has 2 atom stereocenters. The molecule has 0 rings (SSSR count). The van der Waals surface area contributed by atoms with Crippen LogP contribution < -0.4 is 0 Å². The molecule has 0 amide bonds. The molecule has 0 aromatic heterocycles. The first kappa shape index (κ1) is 18.5. The van der Waals surface area contributed by atoms with Crippen molar-refractivity contribution < 1.29 is 34.1 Å². The summed E-state index contributed by atoms with van der Waals surface area (Å²) < 4.78 is 9.92. The van der Waals surface area contributed by atoms with Crippen LogP contribution in [-0.2, 0) is 23.9 Å². The summed E-state index contributed by atoms with van der Waals surface area (Å²) in [4.78, 5) is 31.8. The molecule has 116 valence electrons. The van der Waals surface area contributed by atoms with Crippen LogP contribution in [0.2, 0.25) is 0 Å². The minimum Gasteiger partial charge on any atom is -0.481 e. The van der Waals surface area contributed by atoms with E-state index in [1.165, 1.54) is 6.92 Å². The minimum atomic E-state index is -1.62. The number of carbonyl (C=O) groups excluding carboxylic acids is 2. The van der Waals surface area contributed by atoms with Gasteiger partial charge in [-0.3, -0.25) is 9.59 Å². The van der Waals surface area contributed by atoms with E-state index in [2.05, 4.69) is 0 Å². The Morgan fingerprint density at radius 2 is 1.95 bits per heavy atom. The van der Waals surface area contributed by atoms with Crippen molar-refractivity contribution in [3.8, 4) is 0 Å². The number of carboxylic acids is 1.